The molecule has 1 saturated carbocycles. The molecule has 0 radical (unpaired) electrons. The second-order valence-electron chi connectivity index (χ2n) is 5.40. The molecule has 0 unspecified atom stereocenters. The number of carboxylic acids is 1. The first kappa shape index (κ1) is 15.3. The predicted molar refractivity (Wildman–Crippen MR) is 71.3 cm³/mol. The van der Waals surface area contributed by atoms with Crippen molar-refractivity contribution in [1.29, 1.82) is 0 Å². The largest absolute Gasteiger partial charge is 0.481 e. The van der Waals surface area contributed by atoms with E-state index in [1.807, 2.05) is 6.92 Å². The van der Waals surface area contributed by atoms with Crippen LogP contribution >= 0.6 is 0 Å². The fourth-order valence-electron chi connectivity index (χ4n) is 2.62. The molecular weight excluding hydrogens is 262 g/mol. The highest BCUT2D eigenvalue weighted by molar-refractivity contribution is 5.82. The van der Waals surface area contributed by atoms with Gasteiger partial charge in [-0.1, -0.05) is 0 Å². The molecule has 2 fully saturated rings. The highest BCUT2D eigenvalue weighted by atomic mass is 16.5. The number of hydrogen-bond donors (Lipinski definition) is 1. The molecule has 1 aliphatic heterocycles. The maximum atomic E-state index is 12.4. The summed E-state index contributed by atoms with van der Waals surface area (Å²) in [5.74, 6) is -0.961. The summed E-state index contributed by atoms with van der Waals surface area (Å²) < 4.78 is 11.0. The molecule has 0 spiro atoms. The maximum Gasteiger partial charge on any atom is 0.305 e. The number of carbonyl (C=O) groups excluding carboxylic acids is 1. The molecule has 0 aromatic carbocycles. The minimum Gasteiger partial charge on any atom is -0.481 e. The van der Waals surface area contributed by atoms with Gasteiger partial charge in [0.2, 0.25) is 5.91 Å². The zero-order valence-corrected chi connectivity index (χ0v) is 11.9. The van der Waals surface area contributed by atoms with Crippen LogP contribution in [0.25, 0.3) is 0 Å². The summed E-state index contributed by atoms with van der Waals surface area (Å²) in [4.78, 5) is 24.8. The van der Waals surface area contributed by atoms with E-state index in [1.54, 1.807) is 4.90 Å². The highest BCUT2D eigenvalue weighted by Gasteiger charge is 2.46. The van der Waals surface area contributed by atoms with Crippen molar-refractivity contribution in [2.45, 2.75) is 44.8 Å². The number of amides is 1. The van der Waals surface area contributed by atoms with Crippen molar-refractivity contribution in [3.8, 4) is 0 Å². The predicted octanol–water partition coefficient (Wildman–Crippen LogP) is 0.894. The summed E-state index contributed by atoms with van der Waals surface area (Å²) in [7, 11) is 0. The molecule has 3 atom stereocenters. The van der Waals surface area contributed by atoms with E-state index >= 15 is 0 Å². The van der Waals surface area contributed by atoms with Gasteiger partial charge in [-0.25, -0.2) is 0 Å². The Kier molecular flexibility index (Phi) is 5.37. The Bertz CT molecular complexity index is 353. The Labute approximate surface area is 119 Å². The van der Waals surface area contributed by atoms with Gasteiger partial charge in [0.1, 0.15) is 0 Å². The maximum absolute atomic E-state index is 12.4. The summed E-state index contributed by atoms with van der Waals surface area (Å²) in [5, 5.41) is 8.80. The monoisotopic (exact) mass is 285 g/mol. The number of carboxylic acid groups (broad SMARTS) is 1. The number of carbonyl (C=O) groups is 2. The molecule has 0 aromatic heterocycles. The first-order valence-electron chi connectivity index (χ1n) is 7.35. The molecule has 1 N–H and O–H groups in total. The van der Waals surface area contributed by atoms with Gasteiger partial charge in [-0.05, 0) is 26.2 Å². The third-order valence-electron chi connectivity index (χ3n) is 3.79. The van der Waals surface area contributed by atoms with Crippen molar-refractivity contribution < 1.29 is 24.2 Å². The third-order valence-corrected chi connectivity index (χ3v) is 3.79. The fourth-order valence-corrected chi connectivity index (χ4v) is 2.62. The summed E-state index contributed by atoms with van der Waals surface area (Å²) in [5.41, 5.74) is 0. The number of hydrogen-bond acceptors (Lipinski definition) is 4. The zero-order chi connectivity index (χ0) is 14.5. The van der Waals surface area contributed by atoms with Crippen LogP contribution in [0.1, 0.15) is 32.6 Å². The van der Waals surface area contributed by atoms with E-state index in [-0.39, 0.29) is 37.0 Å². The lowest BCUT2D eigenvalue weighted by Crippen LogP contribution is -2.40. The van der Waals surface area contributed by atoms with Crippen LogP contribution in [0.5, 0.6) is 0 Å². The lowest BCUT2D eigenvalue weighted by Gasteiger charge is -2.25. The van der Waals surface area contributed by atoms with Crippen LogP contribution in [0.3, 0.4) is 0 Å². The first-order chi connectivity index (χ1) is 9.61. The SMILES string of the molecule is CCO[C@@H]1C[C@H]1C(=O)N(CCC(=O)O)C[C@@H]1CCCO1. The average Bonchev–Trinajstić information content (AvgIpc) is 2.98. The molecule has 1 heterocycles. The molecule has 114 valence electrons. The van der Waals surface area contributed by atoms with Gasteiger partial charge in [-0.2, -0.15) is 0 Å². The highest BCUT2D eigenvalue weighted by Crippen LogP contribution is 2.35. The second-order valence-corrected chi connectivity index (χ2v) is 5.40. The van der Waals surface area contributed by atoms with Crippen molar-refractivity contribution >= 4 is 11.9 Å². The second kappa shape index (κ2) is 7.04. The van der Waals surface area contributed by atoms with Gasteiger partial charge in [-0.15, -0.1) is 0 Å². The van der Waals surface area contributed by atoms with Gasteiger partial charge in [0.15, 0.2) is 0 Å². The molecule has 1 aliphatic carbocycles. The van der Waals surface area contributed by atoms with E-state index in [9.17, 15) is 9.59 Å². The van der Waals surface area contributed by atoms with Crippen molar-refractivity contribution in [2.75, 3.05) is 26.3 Å². The number of aliphatic carboxylic acids is 1. The Morgan fingerprint density at radius 3 is 2.85 bits per heavy atom. The molecule has 6 heteroatoms. The molecule has 1 saturated heterocycles. The Hall–Kier alpha value is -1.14. The Morgan fingerprint density at radius 2 is 2.25 bits per heavy atom. The van der Waals surface area contributed by atoms with E-state index in [0.717, 1.165) is 25.9 Å². The van der Waals surface area contributed by atoms with Crippen LogP contribution in [0.4, 0.5) is 0 Å². The van der Waals surface area contributed by atoms with E-state index in [1.165, 1.54) is 0 Å². The third kappa shape index (κ3) is 4.18. The molecule has 1 amide bonds. The van der Waals surface area contributed by atoms with E-state index in [0.29, 0.717) is 13.2 Å². The standard InChI is InChI=1S/C14H23NO5/c1-2-19-12-8-11(12)14(18)15(6-5-13(16)17)9-10-4-3-7-20-10/h10-12H,2-9H2,1H3,(H,16,17)/t10-,11+,12+/m0/s1. The summed E-state index contributed by atoms with van der Waals surface area (Å²) in [6.45, 7) is 4.01. The molecule has 2 rings (SSSR count). The Morgan fingerprint density at radius 1 is 1.45 bits per heavy atom. The smallest absolute Gasteiger partial charge is 0.305 e. The lowest BCUT2D eigenvalue weighted by atomic mass is 10.2. The van der Waals surface area contributed by atoms with Gasteiger partial charge in [0, 0.05) is 26.3 Å². The normalized spacial score (nSPS) is 28.4. The summed E-state index contributed by atoms with van der Waals surface area (Å²) in [6.07, 6.45) is 2.75. The van der Waals surface area contributed by atoms with Crippen LogP contribution in [0.15, 0.2) is 0 Å². The van der Waals surface area contributed by atoms with Crippen LogP contribution in [-0.2, 0) is 19.1 Å². The first-order valence-corrected chi connectivity index (χ1v) is 7.35. The van der Waals surface area contributed by atoms with Crippen LogP contribution < -0.4 is 0 Å². The minimum atomic E-state index is -0.882. The average molecular weight is 285 g/mol. The number of nitrogens with zero attached hydrogens (tertiary/aromatic N) is 1. The van der Waals surface area contributed by atoms with E-state index in [4.69, 9.17) is 14.6 Å². The quantitative estimate of drug-likeness (QED) is 0.717. The van der Waals surface area contributed by atoms with Gasteiger partial charge < -0.3 is 19.5 Å². The van der Waals surface area contributed by atoms with Gasteiger partial charge in [0.05, 0.1) is 24.5 Å². The van der Waals surface area contributed by atoms with Crippen molar-refractivity contribution in [2.24, 2.45) is 5.92 Å². The molecule has 0 aromatic rings. The van der Waals surface area contributed by atoms with Crippen molar-refractivity contribution in [3.05, 3.63) is 0 Å². The molecule has 20 heavy (non-hydrogen) atoms. The molecular formula is C14H23NO5. The Balaban J connectivity index is 1.87. The van der Waals surface area contributed by atoms with Crippen LogP contribution in [-0.4, -0.2) is 60.4 Å². The molecule has 0 bridgehead atoms. The van der Waals surface area contributed by atoms with Gasteiger partial charge in [0.25, 0.3) is 0 Å². The summed E-state index contributed by atoms with van der Waals surface area (Å²) >= 11 is 0. The van der Waals surface area contributed by atoms with E-state index in [2.05, 4.69) is 0 Å². The fraction of sp³-hybridized carbons (Fsp3) is 0.857. The van der Waals surface area contributed by atoms with Gasteiger partial charge >= 0.3 is 5.97 Å². The van der Waals surface area contributed by atoms with Crippen molar-refractivity contribution in [1.82, 2.24) is 4.90 Å². The molecule has 6 nitrogen and oxygen atoms in total. The van der Waals surface area contributed by atoms with Gasteiger partial charge in [-0.3, -0.25) is 9.59 Å². The molecule has 2 aliphatic rings. The van der Waals surface area contributed by atoms with E-state index < -0.39 is 5.97 Å². The zero-order valence-electron chi connectivity index (χ0n) is 11.9. The number of rotatable bonds is 8. The van der Waals surface area contributed by atoms with Crippen LogP contribution in [0.2, 0.25) is 0 Å². The lowest BCUT2D eigenvalue weighted by molar-refractivity contribution is -0.139. The minimum absolute atomic E-state index is 0.0141. The summed E-state index contributed by atoms with van der Waals surface area (Å²) in [6, 6.07) is 0. The topological polar surface area (TPSA) is 76.1 Å². The van der Waals surface area contributed by atoms with Crippen LogP contribution in [0, 0.1) is 5.92 Å². The van der Waals surface area contributed by atoms with Crippen molar-refractivity contribution in [3.63, 3.8) is 0 Å². The number of ether oxygens (including phenoxy) is 2.